The zero-order chi connectivity index (χ0) is 23.5. The molecular weight excluding hydrogens is 426 g/mol. The van der Waals surface area contributed by atoms with E-state index in [-0.39, 0.29) is 13.1 Å². The topological polar surface area (TPSA) is 109 Å². The Kier molecular flexibility index (Phi) is 6.71. The third-order valence-corrected chi connectivity index (χ3v) is 6.84. The van der Waals surface area contributed by atoms with E-state index < -0.39 is 27.7 Å². The summed E-state index contributed by atoms with van der Waals surface area (Å²) in [5.74, 6) is 6.55. The van der Waals surface area contributed by atoms with Crippen LogP contribution >= 0.6 is 0 Å². The number of methoxy groups -OCH3 is 1. The summed E-state index contributed by atoms with van der Waals surface area (Å²) in [5.41, 5.74) is 1.92. The number of nitriles is 1. The maximum Gasteiger partial charge on any atom is 0.407 e. The van der Waals surface area contributed by atoms with Crippen molar-refractivity contribution >= 4 is 17.5 Å². The Balaban J connectivity index is 1.86. The second-order valence-corrected chi connectivity index (χ2v) is 10.5. The van der Waals surface area contributed by atoms with Crippen molar-refractivity contribution in [2.24, 2.45) is 0 Å². The summed E-state index contributed by atoms with van der Waals surface area (Å²) in [6.07, 6.45) is -1.00. The Morgan fingerprint density at radius 1 is 1.19 bits per heavy atom. The second-order valence-electron chi connectivity index (χ2n) is 8.53. The molecule has 7 nitrogen and oxygen atoms in total. The number of nitrogens with one attached hydrogen (secondary N) is 1. The number of carboxylic acid groups (broad SMARTS) is 1. The molecule has 2 aromatic rings. The first-order valence-corrected chi connectivity index (χ1v) is 11.1. The van der Waals surface area contributed by atoms with E-state index in [0.717, 1.165) is 11.1 Å². The highest BCUT2D eigenvalue weighted by Gasteiger charge is 2.51. The maximum atomic E-state index is 12.7. The molecule has 1 heterocycles. The first-order valence-electron chi connectivity index (χ1n) is 9.97. The van der Waals surface area contributed by atoms with Crippen molar-refractivity contribution in [1.29, 1.82) is 5.26 Å². The minimum Gasteiger partial charge on any atom is -0.598 e. The molecule has 0 radical (unpaired) electrons. The van der Waals surface area contributed by atoms with Gasteiger partial charge in [0.15, 0.2) is 5.75 Å². The van der Waals surface area contributed by atoms with Crippen molar-refractivity contribution in [3.05, 3.63) is 64.7 Å². The molecule has 8 heteroatoms. The molecule has 166 valence electrons. The van der Waals surface area contributed by atoms with Crippen molar-refractivity contribution in [2.45, 2.75) is 31.1 Å². The zero-order valence-corrected chi connectivity index (χ0v) is 19.2. The van der Waals surface area contributed by atoms with Gasteiger partial charge in [0.1, 0.15) is 16.4 Å². The molecule has 0 aliphatic carbocycles. The van der Waals surface area contributed by atoms with Crippen LogP contribution in [0.3, 0.4) is 0 Å². The van der Waals surface area contributed by atoms with Gasteiger partial charge < -0.3 is 19.3 Å². The molecule has 1 aliphatic heterocycles. The van der Waals surface area contributed by atoms with Gasteiger partial charge >= 0.3 is 6.09 Å². The van der Waals surface area contributed by atoms with Gasteiger partial charge in [0, 0.05) is 16.9 Å². The van der Waals surface area contributed by atoms with Crippen LogP contribution in [-0.2, 0) is 16.9 Å². The number of hydrogen-bond donors (Lipinski definition) is 2. The fraction of sp³-hybridized carbons (Fsp3) is 0.333. The molecule has 1 aliphatic rings. The van der Waals surface area contributed by atoms with E-state index in [1.165, 1.54) is 12.0 Å². The summed E-state index contributed by atoms with van der Waals surface area (Å²) in [5, 5.41) is 18.5. The number of ether oxygens (including phenoxy) is 1. The van der Waals surface area contributed by atoms with E-state index in [0.29, 0.717) is 16.9 Å². The van der Waals surface area contributed by atoms with Gasteiger partial charge in [-0.15, -0.1) is 4.72 Å². The van der Waals surface area contributed by atoms with E-state index >= 15 is 0 Å². The fourth-order valence-electron chi connectivity index (χ4n) is 3.33. The number of rotatable bonds is 4. The molecule has 1 saturated heterocycles. The molecule has 0 spiro atoms. The Hall–Kier alpha value is -3.17. The Morgan fingerprint density at radius 3 is 2.34 bits per heavy atom. The Morgan fingerprint density at radius 2 is 1.81 bits per heavy atom. The van der Waals surface area contributed by atoms with Crippen LogP contribution in [0.1, 0.15) is 43.0 Å². The average molecular weight is 452 g/mol. The third-order valence-electron chi connectivity index (χ3n) is 5.15. The van der Waals surface area contributed by atoms with E-state index in [2.05, 4.69) is 22.6 Å². The minimum absolute atomic E-state index is 0.216. The Labute approximate surface area is 191 Å². The van der Waals surface area contributed by atoms with E-state index in [1.807, 2.05) is 45.0 Å². The van der Waals surface area contributed by atoms with Crippen LogP contribution in [0.25, 0.3) is 0 Å². The summed E-state index contributed by atoms with van der Waals surface area (Å²) in [7, 11) is 1.50. The number of likely N-dealkylation sites (tertiary alicyclic amines) is 1. The van der Waals surface area contributed by atoms with E-state index in [9.17, 15) is 19.7 Å². The number of amides is 1. The number of hydrogen-bond acceptors (Lipinski definition) is 5. The van der Waals surface area contributed by atoms with E-state index in [4.69, 9.17) is 4.74 Å². The lowest BCUT2D eigenvalue weighted by Gasteiger charge is -2.49. The van der Waals surface area contributed by atoms with Gasteiger partial charge in [0.2, 0.25) is 0 Å². The number of carbonyl (C=O) groups is 1. The predicted octanol–water partition coefficient (Wildman–Crippen LogP) is 3.21. The van der Waals surface area contributed by atoms with E-state index in [1.54, 1.807) is 18.2 Å². The molecule has 2 N–H and O–H groups in total. The first-order chi connectivity index (χ1) is 15.1. The highest BCUT2D eigenvalue weighted by molar-refractivity contribution is 7.90. The van der Waals surface area contributed by atoms with Gasteiger partial charge in [-0.1, -0.05) is 30.0 Å². The number of nitrogens with zero attached hydrogens (tertiary/aromatic N) is 2. The van der Waals surface area contributed by atoms with Crippen molar-refractivity contribution < 1.29 is 19.2 Å². The van der Waals surface area contributed by atoms with Crippen molar-refractivity contribution in [3.63, 3.8) is 0 Å². The van der Waals surface area contributed by atoms with Gasteiger partial charge in [0.25, 0.3) is 0 Å². The monoisotopic (exact) mass is 451 g/mol. The van der Waals surface area contributed by atoms with Crippen LogP contribution in [0.15, 0.2) is 42.5 Å². The molecule has 0 aromatic heterocycles. The van der Waals surface area contributed by atoms with Crippen LogP contribution in [-0.4, -0.2) is 45.6 Å². The van der Waals surface area contributed by atoms with Crippen LogP contribution in [0.2, 0.25) is 0 Å². The molecule has 1 atom stereocenters. The van der Waals surface area contributed by atoms with Crippen molar-refractivity contribution in [2.75, 3.05) is 20.2 Å². The lowest BCUT2D eigenvalue weighted by molar-refractivity contribution is 0.0532. The summed E-state index contributed by atoms with van der Waals surface area (Å²) in [6, 6.07) is 14.7. The quantitative estimate of drug-likeness (QED) is 0.546. The first kappa shape index (κ1) is 23.5. The molecule has 1 amide bonds. The molecule has 3 rings (SSSR count). The van der Waals surface area contributed by atoms with Crippen molar-refractivity contribution in [1.82, 2.24) is 9.62 Å². The highest BCUT2D eigenvalue weighted by Crippen LogP contribution is 2.34. The normalized spacial score (nSPS) is 15.6. The van der Waals surface area contributed by atoms with Gasteiger partial charge in [-0.3, -0.25) is 0 Å². The second kappa shape index (κ2) is 9.13. The third kappa shape index (κ3) is 4.84. The van der Waals surface area contributed by atoms with Gasteiger partial charge in [-0.25, -0.2) is 4.79 Å². The molecule has 2 aromatic carbocycles. The number of para-hydroxylation sites is 1. The van der Waals surface area contributed by atoms with Crippen molar-refractivity contribution in [3.8, 4) is 23.7 Å². The molecule has 1 unspecified atom stereocenters. The van der Waals surface area contributed by atoms with Crippen LogP contribution < -0.4 is 9.46 Å². The molecule has 32 heavy (non-hydrogen) atoms. The maximum absolute atomic E-state index is 12.7. The summed E-state index contributed by atoms with van der Waals surface area (Å²) in [6.45, 7) is 6.03. The highest BCUT2D eigenvalue weighted by atomic mass is 32.2. The molecule has 0 saturated carbocycles. The van der Waals surface area contributed by atoms with Gasteiger partial charge in [0.05, 0.1) is 31.3 Å². The Bertz CT molecular complexity index is 1100. The van der Waals surface area contributed by atoms with Gasteiger partial charge in [-0.2, -0.15) is 5.26 Å². The van der Waals surface area contributed by atoms with Crippen LogP contribution in [0.5, 0.6) is 5.75 Å². The molecular formula is C24H25N3O4S. The van der Waals surface area contributed by atoms with Crippen LogP contribution in [0, 0.1) is 23.2 Å². The minimum atomic E-state index is -1.36. The fourth-order valence-corrected chi connectivity index (χ4v) is 4.24. The SMILES string of the molecule is COc1c(C#N)cccc1C#Cc1ccc(C2(N[S+]([O-])C(C)(C)C)CN(C(=O)O)C2)cc1. The standard InChI is InChI=1S/C24H25N3O4S/c1-23(2,3)32(30)26-24(15-27(16-24)22(28)29)20-12-9-17(10-13-20)8-11-18-6-5-7-19(14-25)21(18)31-4/h5-7,9-10,12-13,26H,15-16H2,1-4H3,(H,28,29). The molecule has 1 fully saturated rings. The van der Waals surface area contributed by atoms with Gasteiger partial charge in [-0.05, 0) is 50.6 Å². The lowest BCUT2D eigenvalue weighted by Crippen LogP contribution is -2.69. The zero-order valence-electron chi connectivity index (χ0n) is 18.4. The average Bonchev–Trinajstić information content (AvgIpc) is 2.73. The number of benzene rings is 2. The molecule has 0 bridgehead atoms. The largest absolute Gasteiger partial charge is 0.598 e. The summed E-state index contributed by atoms with van der Waals surface area (Å²) < 4.78 is 20.7. The smallest absolute Gasteiger partial charge is 0.407 e. The summed E-state index contributed by atoms with van der Waals surface area (Å²) in [4.78, 5) is 12.6. The summed E-state index contributed by atoms with van der Waals surface area (Å²) >= 11 is -1.36. The lowest BCUT2D eigenvalue weighted by atomic mass is 9.83. The van der Waals surface area contributed by atoms with Crippen LogP contribution in [0.4, 0.5) is 4.79 Å². The predicted molar refractivity (Wildman–Crippen MR) is 122 cm³/mol.